The van der Waals surface area contributed by atoms with Crippen LogP contribution in [0.2, 0.25) is 0 Å². The Morgan fingerprint density at radius 3 is 2.70 bits per heavy atom. The third-order valence-electron chi connectivity index (χ3n) is 3.39. The van der Waals surface area contributed by atoms with Crippen molar-refractivity contribution in [3.05, 3.63) is 42.1 Å². The minimum absolute atomic E-state index is 0.343. The number of hydrogen-bond acceptors (Lipinski definition) is 3. The largest absolute Gasteiger partial charge is 0.331 e. The van der Waals surface area contributed by atoms with Crippen LogP contribution in [0, 0.1) is 11.3 Å². The molecule has 2 heterocycles. The van der Waals surface area contributed by atoms with Crippen molar-refractivity contribution in [2.75, 3.05) is 0 Å². The van der Waals surface area contributed by atoms with Gasteiger partial charge in [0.2, 0.25) is 0 Å². The summed E-state index contributed by atoms with van der Waals surface area (Å²) in [5, 5.41) is 12.2. The Bertz CT molecular complexity index is 808. The van der Waals surface area contributed by atoms with Crippen LogP contribution in [0.3, 0.4) is 0 Å². The summed E-state index contributed by atoms with van der Waals surface area (Å²) in [5.74, 6) is -0.808. The number of para-hydroxylation sites is 1. The molecule has 0 saturated carbocycles. The van der Waals surface area contributed by atoms with E-state index in [1.165, 1.54) is 6.08 Å². The average Bonchev–Trinajstić information content (AvgIpc) is 2.98. The maximum absolute atomic E-state index is 11.8. The molecule has 3 rings (SSSR count). The van der Waals surface area contributed by atoms with Crippen LogP contribution < -0.4 is 5.32 Å². The zero-order valence-electron chi connectivity index (χ0n) is 10.8. The highest BCUT2D eigenvalue weighted by Gasteiger charge is 2.25. The molecule has 1 aromatic carbocycles. The first-order chi connectivity index (χ1) is 9.61. The van der Waals surface area contributed by atoms with Crippen molar-refractivity contribution in [3.8, 4) is 6.07 Å². The van der Waals surface area contributed by atoms with Gasteiger partial charge in [-0.25, -0.2) is 0 Å². The Morgan fingerprint density at radius 1 is 1.30 bits per heavy atom. The number of benzene rings is 1. The highest BCUT2D eigenvalue weighted by Crippen LogP contribution is 2.30. The van der Waals surface area contributed by atoms with Crippen LogP contribution in [0.4, 0.5) is 0 Å². The third-order valence-corrected chi connectivity index (χ3v) is 3.39. The van der Waals surface area contributed by atoms with Gasteiger partial charge in [-0.1, -0.05) is 18.2 Å². The molecule has 2 amide bonds. The number of nitriles is 1. The number of hydrogen-bond donors (Lipinski definition) is 1. The first-order valence-corrected chi connectivity index (χ1v) is 6.18. The lowest BCUT2D eigenvalue weighted by Crippen LogP contribution is -2.21. The summed E-state index contributed by atoms with van der Waals surface area (Å²) in [6, 6.07) is 9.33. The molecule has 0 bridgehead atoms. The Labute approximate surface area is 115 Å². The lowest BCUT2D eigenvalue weighted by molar-refractivity contribution is -0.123. The normalized spacial score (nSPS) is 15.9. The SMILES string of the molecule is CC(C#N)n1cc(C2=CC(=O)NC2=O)c2ccccc21. The Morgan fingerprint density at radius 2 is 2.05 bits per heavy atom. The van der Waals surface area contributed by atoms with E-state index in [-0.39, 0.29) is 6.04 Å². The maximum Gasteiger partial charge on any atom is 0.258 e. The zero-order chi connectivity index (χ0) is 14.3. The number of imide groups is 1. The molecule has 1 atom stereocenters. The maximum atomic E-state index is 11.8. The van der Waals surface area contributed by atoms with Crippen molar-refractivity contribution in [1.82, 2.24) is 9.88 Å². The van der Waals surface area contributed by atoms with Gasteiger partial charge in [0, 0.05) is 28.7 Å². The number of fused-ring (bicyclic) bond motifs is 1. The molecule has 0 spiro atoms. The fourth-order valence-corrected chi connectivity index (χ4v) is 2.41. The average molecular weight is 265 g/mol. The molecule has 1 aromatic heterocycles. The molecule has 0 aliphatic carbocycles. The third kappa shape index (κ3) is 1.70. The molecule has 5 nitrogen and oxygen atoms in total. The molecule has 98 valence electrons. The lowest BCUT2D eigenvalue weighted by atomic mass is 10.1. The van der Waals surface area contributed by atoms with Crippen molar-refractivity contribution in [3.63, 3.8) is 0 Å². The van der Waals surface area contributed by atoms with Crippen molar-refractivity contribution in [2.45, 2.75) is 13.0 Å². The Balaban J connectivity index is 2.28. The highest BCUT2D eigenvalue weighted by atomic mass is 16.2. The second kappa shape index (κ2) is 4.35. The van der Waals surface area contributed by atoms with Crippen molar-refractivity contribution >= 4 is 28.3 Å². The summed E-state index contributed by atoms with van der Waals surface area (Å²) in [7, 11) is 0. The Hall–Kier alpha value is -2.87. The molecule has 0 saturated heterocycles. The smallest absolute Gasteiger partial charge is 0.258 e. The fourth-order valence-electron chi connectivity index (χ4n) is 2.41. The van der Waals surface area contributed by atoms with Gasteiger partial charge in [0.15, 0.2) is 0 Å². The minimum Gasteiger partial charge on any atom is -0.331 e. The molecular weight excluding hydrogens is 254 g/mol. The first-order valence-electron chi connectivity index (χ1n) is 6.18. The number of amides is 2. The van der Waals surface area contributed by atoms with Crippen LogP contribution in [0.25, 0.3) is 16.5 Å². The van der Waals surface area contributed by atoms with Crippen LogP contribution in [0.15, 0.2) is 36.5 Å². The van der Waals surface area contributed by atoms with Crippen LogP contribution >= 0.6 is 0 Å². The van der Waals surface area contributed by atoms with E-state index < -0.39 is 11.8 Å². The van der Waals surface area contributed by atoms with E-state index in [0.29, 0.717) is 11.1 Å². The first kappa shape index (κ1) is 12.2. The lowest BCUT2D eigenvalue weighted by Gasteiger charge is -2.05. The van der Waals surface area contributed by atoms with E-state index in [4.69, 9.17) is 5.26 Å². The molecular formula is C15H11N3O2. The quantitative estimate of drug-likeness (QED) is 0.841. The number of aromatic nitrogens is 1. The van der Waals surface area contributed by atoms with Gasteiger partial charge in [0.1, 0.15) is 6.04 Å². The number of carbonyl (C=O) groups is 2. The summed E-state index contributed by atoms with van der Waals surface area (Å²) in [4.78, 5) is 23.1. The van der Waals surface area contributed by atoms with Crippen LogP contribution in [0.5, 0.6) is 0 Å². The topological polar surface area (TPSA) is 74.9 Å². The molecule has 5 heteroatoms. The van der Waals surface area contributed by atoms with Gasteiger partial charge >= 0.3 is 0 Å². The Kier molecular flexibility index (Phi) is 2.65. The molecule has 2 aromatic rings. The van der Waals surface area contributed by atoms with E-state index in [9.17, 15) is 9.59 Å². The van der Waals surface area contributed by atoms with Crippen LogP contribution in [-0.4, -0.2) is 16.4 Å². The summed E-state index contributed by atoms with van der Waals surface area (Å²) < 4.78 is 1.81. The van der Waals surface area contributed by atoms with Gasteiger partial charge in [-0.15, -0.1) is 0 Å². The summed E-state index contributed by atoms with van der Waals surface area (Å²) in [6.45, 7) is 1.78. The minimum atomic E-state index is -0.407. The molecule has 0 fully saturated rings. The standard InChI is InChI=1S/C15H11N3O2/c1-9(7-16)18-8-12(10-4-2-3-5-13(10)18)11-6-14(19)17-15(11)20/h2-6,8-9H,1H3,(H,17,19,20). The molecule has 1 aliphatic heterocycles. The van der Waals surface area contributed by atoms with Crippen molar-refractivity contribution in [2.24, 2.45) is 0 Å². The summed E-state index contributed by atoms with van der Waals surface area (Å²) in [6.07, 6.45) is 3.05. The predicted octanol–water partition coefficient (Wildman–Crippen LogP) is 1.77. The van der Waals surface area contributed by atoms with Gasteiger partial charge < -0.3 is 4.57 Å². The van der Waals surface area contributed by atoms with Gasteiger partial charge in [-0.05, 0) is 13.0 Å². The number of nitrogens with zero attached hydrogens (tertiary/aromatic N) is 2. The summed E-state index contributed by atoms with van der Waals surface area (Å²) >= 11 is 0. The van der Waals surface area contributed by atoms with Gasteiger partial charge in [-0.2, -0.15) is 5.26 Å². The van der Waals surface area contributed by atoms with Gasteiger partial charge in [0.25, 0.3) is 11.8 Å². The van der Waals surface area contributed by atoms with E-state index in [2.05, 4.69) is 11.4 Å². The fraction of sp³-hybridized carbons (Fsp3) is 0.133. The van der Waals surface area contributed by atoms with Crippen LogP contribution in [0.1, 0.15) is 18.5 Å². The van der Waals surface area contributed by atoms with Gasteiger partial charge in [-0.3, -0.25) is 14.9 Å². The number of carbonyl (C=O) groups excluding carboxylic acids is 2. The molecule has 20 heavy (non-hydrogen) atoms. The van der Waals surface area contributed by atoms with Crippen molar-refractivity contribution in [1.29, 1.82) is 5.26 Å². The highest BCUT2D eigenvalue weighted by molar-refractivity contribution is 6.35. The molecule has 1 N–H and O–H groups in total. The number of rotatable bonds is 2. The number of nitrogens with one attached hydrogen (secondary N) is 1. The molecule has 1 unspecified atom stereocenters. The summed E-state index contributed by atoms with van der Waals surface area (Å²) in [5.41, 5.74) is 1.88. The van der Waals surface area contributed by atoms with E-state index in [1.54, 1.807) is 13.1 Å². The monoisotopic (exact) mass is 265 g/mol. The van der Waals surface area contributed by atoms with E-state index in [0.717, 1.165) is 10.9 Å². The zero-order valence-corrected chi connectivity index (χ0v) is 10.8. The van der Waals surface area contributed by atoms with Gasteiger partial charge in [0.05, 0.1) is 11.6 Å². The van der Waals surface area contributed by atoms with Crippen LogP contribution in [-0.2, 0) is 9.59 Å². The van der Waals surface area contributed by atoms with E-state index >= 15 is 0 Å². The second-order valence-electron chi connectivity index (χ2n) is 4.65. The van der Waals surface area contributed by atoms with Crippen molar-refractivity contribution < 1.29 is 9.59 Å². The predicted molar refractivity (Wildman–Crippen MR) is 73.4 cm³/mol. The second-order valence-corrected chi connectivity index (χ2v) is 4.65. The molecule has 1 aliphatic rings. The molecule has 0 radical (unpaired) electrons. The van der Waals surface area contributed by atoms with E-state index in [1.807, 2.05) is 28.8 Å².